The molecule has 0 radical (unpaired) electrons. The second-order valence-corrected chi connectivity index (χ2v) is 4.90. The van der Waals surface area contributed by atoms with Gasteiger partial charge in [0.1, 0.15) is 0 Å². The molecule has 0 fully saturated rings. The largest absolute Gasteiger partial charge is 0.396 e. The Morgan fingerprint density at radius 2 is 2.29 bits per heavy atom. The number of nitrogen functional groups attached to an aromatic ring is 1. The van der Waals surface area contributed by atoms with Crippen molar-refractivity contribution in [3.63, 3.8) is 0 Å². The number of carbonyl (C=O) groups is 1. The van der Waals surface area contributed by atoms with Crippen LogP contribution < -0.4 is 11.1 Å². The molecule has 5 nitrogen and oxygen atoms in total. The fraction of sp³-hybridized carbons (Fsp3) is 0.636. The molecule has 0 aromatic carbocycles. The first-order valence-electron chi connectivity index (χ1n) is 5.71. The molecule has 17 heavy (non-hydrogen) atoms. The molecule has 0 saturated heterocycles. The van der Waals surface area contributed by atoms with E-state index in [-0.39, 0.29) is 5.91 Å². The molecular weight excluding hydrogens is 236 g/mol. The number of aromatic nitrogens is 2. The molecule has 0 aliphatic rings. The summed E-state index contributed by atoms with van der Waals surface area (Å²) in [4.78, 5) is 11.7. The summed E-state index contributed by atoms with van der Waals surface area (Å²) < 4.78 is 1.54. The number of anilines is 1. The van der Waals surface area contributed by atoms with Crippen LogP contribution >= 0.6 is 11.8 Å². The van der Waals surface area contributed by atoms with Crippen LogP contribution in [0.4, 0.5) is 5.69 Å². The third-order valence-corrected chi connectivity index (χ3v) is 3.08. The second-order valence-electron chi connectivity index (χ2n) is 3.92. The van der Waals surface area contributed by atoms with Gasteiger partial charge in [-0.1, -0.05) is 6.42 Å². The highest BCUT2D eigenvalue weighted by Gasteiger charge is 2.12. The van der Waals surface area contributed by atoms with Gasteiger partial charge in [-0.05, 0) is 24.9 Å². The molecule has 0 aliphatic carbocycles. The van der Waals surface area contributed by atoms with Gasteiger partial charge in [-0.25, -0.2) is 0 Å². The van der Waals surface area contributed by atoms with Gasteiger partial charge in [-0.15, -0.1) is 0 Å². The molecule has 96 valence electrons. The Kier molecular flexibility index (Phi) is 5.90. The number of amides is 1. The summed E-state index contributed by atoms with van der Waals surface area (Å²) >= 11 is 1.85. The zero-order valence-electron chi connectivity index (χ0n) is 10.4. The number of nitrogens with zero attached hydrogens (tertiary/aromatic N) is 2. The Hall–Kier alpha value is -1.17. The van der Waals surface area contributed by atoms with Crippen LogP contribution in [0.5, 0.6) is 0 Å². The highest BCUT2D eigenvalue weighted by molar-refractivity contribution is 7.98. The normalized spacial score (nSPS) is 10.5. The van der Waals surface area contributed by atoms with Crippen molar-refractivity contribution in [3.8, 4) is 0 Å². The molecule has 0 saturated carbocycles. The van der Waals surface area contributed by atoms with Crippen LogP contribution in [0.3, 0.4) is 0 Å². The number of hydrogen-bond acceptors (Lipinski definition) is 4. The topological polar surface area (TPSA) is 72.9 Å². The predicted octanol–water partition coefficient (Wildman–Crippen LogP) is 1.27. The SMILES string of the molecule is CSCCCCCNC(=O)c1nn(C)cc1N. The lowest BCUT2D eigenvalue weighted by Crippen LogP contribution is -2.25. The van der Waals surface area contributed by atoms with E-state index in [9.17, 15) is 4.79 Å². The predicted molar refractivity (Wildman–Crippen MR) is 72.2 cm³/mol. The summed E-state index contributed by atoms with van der Waals surface area (Å²) in [6.07, 6.45) is 7.07. The zero-order valence-corrected chi connectivity index (χ0v) is 11.2. The fourth-order valence-corrected chi connectivity index (χ4v) is 2.01. The molecule has 0 unspecified atom stereocenters. The van der Waals surface area contributed by atoms with Gasteiger partial charge in [0.15, 0.2) is 5.69 Å². The van der Waals surface area contributed by atoms with Crippen molar-refractivity contribution >= 4 is 23.4 Å². The number of hydrogen-bond donors (Lipinski definition) is 2. The molecule has 6 heteroatoms. The van der Waals surface area contributed by atoms with E-state index in [1.807, 2.05) is 11.8 Å². The number of nitrogens with one attached hydrogen (secondary N) is 1. The zero-order chi connectivity index (χ0) is 12.7. The van der Waals surface area contributed by atoms with Gasteiger partial charge in [-0.3, -0.25) is 9.48 Å². The van der Waals surface area contributed by atoms with Gasteiger partial charge < -0.3 is 11.1 Å². The maximum Gasteiger partial charge on any atom is 0.273 e. The summed E-state index contributed by atoms with van der Waals surface area (Å²) in [6, 6.07) is 0. The molecule has 1 aromatic rings. The quantitative estimate of drug-likeness (QED) is 0.720. The molecule has 0 atom stereocenters. The van der Waals surface area contributed by atoms with Crippen molar-refractivity contribution in [3.05, 3.63) is 11.9 Å². The summed E-state index contributed by atoms with van der Waals surface area (Å²) in [5.41, 5.74) is 6.41. The van der Waals surface area contributed by atoms with Crippen LogP contribution in [-0.4, -0.2) is 34.2 Å². The van der Waals surface area contributed by atoms with Gasteiger partial charge in [0, 0.05) is 19.8 Å². The standard InChI is InChI=1S/C11H20N4OS/c1-15-8-9(12)10(14-15)11(16)13-6-4-3-5-7-17-2/h8H,3-7,12H2,1-2H3,(H,13,16). The van der Waals surface area contributed by atoms with Crippen molar-refractivity contribution in [2.24, 2.45) is 7.05 Å². The summed E-state index contributed by atoms with van der Waals surface area (Å²) in [5, 5.41) is 6.84. The average Bonchev–Trinajstić information content (AvgIpc) is 2.62. The van der Waals surface area contributed by atoms with Gasteiger partial charge in [-0.2, -0.15) is 16.9 Å². The van der Waals surface area contributed by atoms with Crippen LogP contribution in [0, 0.1) is 0 Å². The van der Waals surface area contributed by atoms with Crippen LogP contribution in [0.25, 0.3) is 0 Å². The molecule has 3 N–H and O–H groups in total. The molecule has 1 rings (SSSR count). The number of aryl methyl sites for hydroxylation is 1. The van der Waals surface area contributed by atoms with E-state index in [0.717, 1.165) is 12.8 Å². The first kappa shape index (κ1) is 13.9. The lowest BCUT2D eigenvalue weighted by Gasteiger charge is -2.03. The highest BCUT2D eigenvalue weighted by Crippen LogP contribution is 2.07. The maximum absolute atomic E-state index is 11.7. The number of thioether (sulfide) groups is 1. The van der Waals surface area contributed by atoms with E-state index in [0.29, 0.717) is 17.9 Å². The summed E-state index contributed by atoms with van der Waals surface area (Å²) in [5.74, 6) is 0.995. The van der Waals surface area contributed by atoms with E-state index in [2.05, 4.69) is 16.7 Å². The smallest absolute Gasteiger partial charge is 0.273 e. The number of carbonyl (C=O) groups excluding carboxylic acids is 1. The Morgan fingerprint density at radius 1 is 1.53 bits per heavy atom. The monoisotopic (exact) mass is 256 g/mol. The number of nitrogens with two attached hydrogens (primary N) is 1. The molecular formula is C11H20N4OS. The third kappa shape index (κ3) is 4.68. The Labute approximate surface area is 106 Å². The van der Waals surface area contributed by atoms with E-state index < -0.39 is 0 Å². The van der Waals surface area contributed by atoms with Crippen molar-refractivity contribution in [1.82, 2.24) is 15.1 Å². The highest BCUT2D eigenvalue weighted by atomic mass is 32.2. The molecule has 1 aromatic heterocycles. The summed E-state index contributed by atoms with van der Waals surface area (Å²) in [6.45, 7) is 0.684. The van der Waals surface area contributed by atoms with Crippen molar-refractivity contribution in [2.45, 2.75) is 19.3 Å². The molecule has 0 bridgehead atoms. The molecule has 0 spiro atoms. The lowest BCUT2D eigenvalue weighted by atomic mass is 10.2. The van der Waals surface area contributed by atoms with Crippen molar-refractivity contribution in [1.29, 1.82) is 0 Å². The Balaban J connectivity index is 2.23. The van der Waals surface area contributed by atoms with Gasteiger partial charge in [0.05, 0.1) is 5.69 Å². The Bertz CT molecular complexity index is 364. The van der Waals surface area contributed by atoms with Crippen molar-refractivity contribution in [2.75, 3.05) is 24.3 Å². The minimum atomic E-state index is -0.187. The van der Waals surface area contributed by atoms with E-state index in [4.69, 9.17) is 5.73 Å². The lowest BCUT2D eigenvalue weighted by molar-refractivity contribution is 0.0948. The van der Waals surface area contributed by atoms with Crippen LogP contribution in [-0.2, 0) is 7.05 Å². The van der Waals surface area contributed by atoms with Gasteiger partial charge in [0.25, 0.3) is 5.91 Å². The van der Waals surface area contributed by atoms with Crippen LogP contribution in [0.1, 0.15) is 29.8 Å². The Morgan fingerprint density at radius 3 is 2.88 bits per heavy atom. The van der Waals surface area contributed by atoms with Gasteiger partial charge in [0.2, 0.25) is 0 Å². The average molecular weight is 256 g/mol. The first-order valence-corrected chi connectivity index (χ1v) is 7.10. The second kappa shape index (κ2) is 7.21. The first-order chi connectivity index (χ1) is 8.15. The van der Waals surface area contributed by atoms with E-state index in [1.165, 1.54) is 12.2 Å². The van der Waals surface area contributed by atoms with Crippen molar-refractivity contribution < 1.29 is 4.79 Å². The molecule has 1 amide bonds. The molecule has 0 aliphatic heterocycles. The molecule has 1 heterocycles. The van der Waals surface area contributed by atoms with E-state index >= 15 is 0 Å². The third-order valence-electron chi connectivity index (χ3n) is 2.38. The van der Waals surface area contributed by atoms with Crippen LogP contribution in [0.2, 0.25) is 0 Å². The summed E-state index contributed by atoms with van der Waals surface area (Å²) in [7, 11) is 1.75. The minimum Gasteiger partial charge on any atom is -0.396 e. The minimum absolute atomic E-state index is 0.187. The van der Waals surface area contributed by atoms with Gasteiger partial charge >= 0.3 is 0 Å². The number of rotatable bonds is 7. The maximum atomic E-state index is 11.7. The van der Waals surface area contributed by atoms with Crippen LogP contribution in [0.15, 0.2) is 6.20 Å². The van der Waals surface area contributed by atoms with E-state index in [1.54, 1.807) is 17.9 Å². The number of unbranched alkanes of at least 4 members (excludes halogenated alkanes) is 2. The fourth-order valence-electron chi connectivity index (χ4n) is 1.52.